The van der Waals surface area contributed by atoms with Crippen molar-refractivity contribution >= 4 is 57.9 Å². The van der Waals surface area contributed by atoms with Gasteiger partial charge in [0.05, 0.1) is 16.5 Å². The number of hydrogen-bond donors (Lipinski definition) is 1. The first-order valence-corrected chi connectivity index (χ1v) is 11.5. The van der Waals surface area contributed by atoms with Crippen molar-refractivity contribution in [2.45, 2.75) is 30.8 Å². The van der Waals surface area contributed by atoms with Gasteiger partial charge in [-0.05, 0) is 49.4 Å². The molecule has 4 rings (SSSR count). The first-order valence-electron chi connectivity index (χ1n) is 8.89. The van der Waals surface area contributed by atoms with E-state index in [1.165, 1.54) is 40.6 Å². The normalized spacial score (nSPS) is 13.4. The van der Waals surface area contributed by atoms with Gasteiger partial charge < -0.3 is 9.88 Å². The number of halogens is 2. The minimum atomic E-state index is -0.174. The van der Waals surface area contributed by atoms with Crippen LogP contribution in [-0.2, 0) is 24.7 Å². The number of aromatic nitrogens is 3. The standard InChI is InChI=1S/C19H18Cl2N4OS2/c1-25-18(13-9-27-16-5-3-2-4-12(13)16)23-24-19(25)28-10-17(26)22-15-8-11(20)6-7-14(15)21/h6-9H,2-5,10H2,1H3,(H,22,26). The summed E-state index contributed by atoms with van der Waals surface area (Å²) in [4.78, 5) is 13.8. The first kappa shape index (κ1) is 19.8. The molecule has 2 heterocycles. The Kier molecular flexibility index (Phi) is 5.96. The lowest BCUT2D eigenvalue weighted by Crippen LogP contribution is -2.14. The topological polar surface area (TPSA) is 59.8 Å². The number of fused-ring (bicyclic) bond motifs is 1. The average Bonchev–Trinajstić information content (AvgIpc) is 3.26. The van der Waals surface area contributed by atoms with Crippen LogP contribution in [0.4, 0.5) is 5.69 Å². The summed E-state index contributed by atoms with van der Waals surface area (Å²) >= 11 is 15.2. The third-order valence-electron chi connectivity index (χ3n) is 4.67. The highest BCUT2D eigenvalue weighted by molar-refractivity contribution is 7.99. The van der Waals surface area contributed by atoms with E-state index in [1.54, 1.807) is 18.2 Å². The van der Waals surface area contributed by atoms with Crippen LogP contribution >= 0.6 is 46.3 Å². The summed E-state index contributed by atoms with van der Waals surface area (Å²) in [6, 6.07) is 4.97. The van der Waals surface area contributed by atoms with Crippen LogP contribution in [0.25, 0.3) is 11.4 Å². The van der Waals surface area contributed by atoms with Crippen LogP contribution in [0.5, 0.6) is 0 Å². The summed E-state index contributed by atoms with van der Waals surface area (Å²) in [5.41, 5.74) is 3.09. The second-order valence-corrected chi connectivity index (χ2v) is 9.33. The number of rotatable bonds is 5. The predicted octanol–water partition coefficient (Wildman–Crippen LogP) is 5.46. The molecule has 5 nitrogen and oxygen atoms in total. The summed E-state index contributed by atoms with van der Waals surface area (Å²) in [5, 5.41) is 15.3. The van der Waals surface area contributed by atoms with E-state index in [-0.39, 0.29) is 11.7 Å². The maximum absolute atomic E-state index is 12.3. The first-order chi connectivity index (χ1) is 13.5. The summed E-state index contributed by atoms with van der Waals surface area (Å²) in [6.07, 6.45) is 4.75. The molecule has 28 heavy (non-hydrogen) atoms. The number of thiophene rings is 1. The SMILES string of the molecule is Cn1c(SCC(=O)Nc2cc(Cl)ccc2Cl)nnc1-c1csc2c1CCCC2. The molecule has 0 unspecified atom stereocenters. The van der Waals surface area contributed by atoms with Gasteiger partial charge in [-0.2, -0.15) is 0 Å². The van der Waals surface area contributed by atoms with Gasteiger partial charge in [0.2, 0.25) is 5.91 Å². The highest BCUT2D eigenvalue weighted by atomic mass is 35.5. The molecule has 0 bridgehead atoms. The monoisotopic (exact) mass is 452 g/mol. The number of carbonyl (C=O) groups is 1. The van der Waals surface area contributed by atoms with Crippen molar-refractivity contribution in [3.05, 3.63) is 44.1 Å². The predicted molar refractivity (Wildman–Crippen MR) is 117 cm³/mol. The number of benzene rings is 1. The van der Waals surface area contributed by atoms with Gasteiger partial charge in [-0.15, -0.1) is 21.5 Å². The van der Waals surface area contributed by atoms with Crippen LogP contribution in [0, 0.1) is 0 Å². The minimum absolute atomic E-state index is 0.174. The molecule has 1 aliphatic rings. The molecule has 2 aromatic heterocycles. The van der Waals surface area contributed by atoms with Gasteiger partial charge in [0.1, 0.15) is 0 Å². The third kappa shape index (κ3) is 4.08. The molecule has 0 saturated heterocycles. The van der Waals surface area contributed by atoms with Crippen LogP contribution in [0.2, 0.25) is 10.0 Å². The molecule has 1 amide bonds. The van der Waals surface area contributed by atoms with Crippen molar-refractivity contribution in [2.24, 2.45) is 7.05 Å². The number of amides is 1. The van der Waals surface area contributed by atoms with Crippen molar-refractivity contribution in [3.8, 4) is 11.4 Å². The molecular weight excluding hydrogens is 435 g/mol. The fourth-order valence-corrected chi connectivity index (χ4v) is 5.44. The fraction of sp³-hybridized carbons (Fsp3) is 0.316. The summed E-state index contributed by atoms with van der Waals surface area (Å²) in [6.45, 7) is 0. The molecular formula is C19H18Cl2N4OS2. The highest BCUT2D eigenvalue weighted by Crippen LogP contribution is 2.36. The maximum atomic E-state index is 12.3. The fourth-order valence-electron chi connectivity index (χ4n) is 3.27. The molecule has 1 N–H and O–H groups in total. The molecule has 146 valence electrons. The van der Waals surface area contributed by atoms with E-state index in [9.17, 15) is 4.79 Å². The Balaban J connectivity index is 1.44. The zero-order valence-corrected chi connectivity index (χ0v) is 18.3. The van der Waals surface area contributed by atoms with Gasteiger partial charge in [0, 0.05) is 27.9 Å². The molecule has 9 heteroatoms. The largest absolute Gasteiger partial charge is 0.324 e. The lowest BCUT2D eigenvalue weighted by Gasteiger charge is -2.12. The Morgan fingerprint density at radius 3 is 2.96 bits per heavy atom. The van der Waals surface area contributed by atoms with E-state index in [2.05, 4.69) is 20.9 Å². The molecule has 0 saturated carbocycles. The van der Waals surface area contributed by atoms with Gasteiger partial charge in [-0.1, -0.05) is 35.0 Å². The van der Waals surface area contributed by atoms with Crippen molar-refractivity contribution in [1.82, 2.24) is 14.8 Å². The quantitative estimate of drug-likeness (QED) is 0.522. The Labute approximate surface area is 181 Å². The third-order valence-corrected chi connectivity index (χ3v) is 7.35. The number of nitrogens with one attached hydrogen (secondary N) is 1. The second kappa shape index (κ2) is 8.45. The molecule has 0 aliphatic heterocycles. The lowest BCUT2D eigenvalue weighted by molar-refractivity contribution is -0.113. The van der Waals surface area contributed by atoms with Gasteiger partial charge in [-0.25, -0.2) is 0 Å². The molecule has 1 aromatic carbocycles. The van der Waals surface area contributed by atoms with E-state index in [0.717, 1.165) is 18.7 Å². The minimum Gasteiger partial charge on any atom is -0.324 e. The number of nitrogens with zero attached hydrogens (tertiary/aromatic N) is 3. The lowest BCUT2D eigenvalue weighted by atomic mass is 9.96. The number of aryl methyl sites for hydroxylation is 1. The highest BCUT2D eigenvalue weighted by Gasteiger charge is 2.21. The van der Waals surface area contributed by atoms with Crippen molar-refractivity contribution < 1.29 is 4.79 Å². The van der Waals surface area contributed by atoms with Crippen LogP contribution in [0.15, 0.2) is 28.7 Å². The number of hydrogen-bond acceptors (Lipinski definition) is 5. The summed E-state index contributed by atoms with van der Waals surface area (Å²) in [7, 11) is 1.94. The van der Waals surface area contributed by atoms with Crippen LogP contribution in [0.3, 0.4) is 0 Å². The Morgan fingerprint density at radius 1 is 1.29 bits per heavy atom. The zero-order chi connectivity index (χ0) is 19.7. The van der Waals surface area contributed by atoms with Crippen molar-refractivity contribution in [1.29, 1.82) is 0 Å². The van der Waals surface area contributed by atoms with E-state index in [1.807, 2.05) is 23.0 Å². The Bertz CT molecular complexity index is 1030. The van der Waals surface area contributed by atoms with Crippen LogP contribution in [-0.4, -0.2) is 26.4 Å². The van der Waals surface area contributed by atoms with E-state index in [0.29, 0.717) is 20.9 Å². The van der Waals surface area contributed by atoms with Gasteiger partial charge in [0.15, 0.2) is 11.0 Å². The second-order valence-electron chi connectivity index (χ2n) is 6.58. The zero-order valence-electron chi connectivity index (χ0n) is 15.2. The molecule has 0 spiro atoms. The summed E-state index contributed by atoms with van der Waals surface area (Å²) in [5.74, 6) is 0.892. The molecule has 0 atom stereocenters. The Morgan fingerprint density at radius 2 is 2.11 bits per heavy atom. The molecule has 1 aliphatic carbocycles. The maximum Gasteiger partial charge on any atom is 0.234 e. The molecule has 3 aromatic rings. The van der Waals surface area contributed by atoms with Crippen molar-refractivity contribution in [3.63, 3.8) is 0 Å². The van der Waals surface area contributed by atoms with Crippen LogP contribution in [0.1, 0.15) is 23.3 Å². The van der Waals surface area contributed by atoms with E-state index >= 15 is 0 Å². The Hall–Kier alpha value is -1.54. The molecule has 0 radical (unpaired) electrons. The number of carbonyl (C=O) groups excluding carboxylic acids is 1. The summed E-state index contributed by atoms with van der Waals surface area (Å²) < 4.78 is 1.96. The van der Waals surface area contributed by atoms with E-state index in [4.69, 9.17) is 23.2 Å². The average molecular weight is 453 g/mol. The van der Waals surface area contributed by atoms with Gasteiger partial charge >= 0.3 is 0 Å². The number of anilines is 1. The van der Waals surface area contributed by atoms with Crippen LogP contribution < -0.4 is 5.32 Å². The van der Waals surface area contributed by atoms with Crippen molar-refractivity contribution in [2.75, 3.05) is 11.1 Å². The van der Waals surface area contributed by atoms with Gasteiger partial charge in [-0.3, -0.25) is 4.79 Å². The van der Waals surface area contributed by atoms with Gasteiger partial charge in [0.25, 0.3) is 0 Å². The van der Waals surface area contributed by atoms with E-state index < -0.39 is 0 Å². The molecule has 0 fully saturated rings. The number of thioether (sulfide) groups is 1. The smallest absolute Gasteiger partial charge is 0.234 e.